The van der Waals surface area contributed by atoms with Crippen LogP contribution in [0.15, 0.2) is 24.5 Å². The third-order valence-electron chi connectivity index (χ3n) is 5.71. The number of carbonyl (C=O) groups is 1. The minimum atomic E-state index is -3.04. The van der Waals surface area contributed by atoms with Crippen LogP contribution in [-0.2, 0) is 9.84 Å². The molecule has 4 heterocycles. The molecule has 0 bridgehead atoms. The Morgan fingerprint density at radius 2 is 1.91 bits per heavy atom. The van der Waals surface area contributed by atoms with E-state index in [4.69, 9.17) is 9.84 Å². The number of pyridine rings is 2. The van der Waals surface area contributed by atoms with Gasteiger partial charge in [0, 0.05) is 47.6 Å². The second-order valence-electron chi connectivity index (χ2n) is 9.38. The summed E-state index contributed by atoms with van der Waals surface area (Å²) in [5, 5.41) is 5.49. The lowest BCUT2D eigenvalue weighted by molar-refractivity contribution is 0.0856. The quantitative estimate of drug-likeness (QED) is 0.475. The highest BCUT2D eigenvalue weighted by molar-refractivity contribution is 7.92. The van der Waals surface area contributed by atoms with Crippen molar-refractivity contribution in [2.45, 2.75) is 53.4 Å². The SMILES string of the molecule is Cc1ncc(OC(C)F)cc1-c1nn(C(C)C)c2cc(C(=O)CC3(C)CS(=O)(=O)C3)ncc12. The monoisotopic (exact) mass is 474 g/mol. The van der Waals surface area contributed by atoms with E-state index in [1.54, 1.807) is 18.3 Å². The molecule has 0 radical (unpaired) electrons. The van der Waals surface area contributed by atoms with Crippen molar-refractivity contribution in [2.24, 2.45) is 5.41 Å². The molecule has 0 N–H and O–H groups in total. The van der Waals surface area contributed by atoms with Crippen molar-refractivity contribution in [3.8, 4) is 17.0 Å². The van der Waals surface area contributed by atoms with Gasteiger partial charge in [-0.3, -0.25) is 19.4 Å². The van der Waals surface area contributed by atoms with Crippen LogP contribution in [0.25, 0.3) is 22.2 Å². The van der Waals surface area contributed by atoms with Crippen molar-refractivity contribution in [3.05, 3.63) is 35.9 Å². The van der Waals surface area contributed by atoms with E-state index in [0.717, 1.165) is 10.9 Å². The molecule has 1 aliphatic heterocycles. The molecule has 1 unspecified atom stereocenters. The minimum absolute atomic E-state index is 0.000503. The molecule has 1 aliphatic rings. The first-order valence-corrected chi connectivity index (χ1v) is 12.6. The molecule has 176 valence electrons. The fourth-order valence-corrected chi connectivity index (χ4v) is 6.63. The van der Waals surface area contributed by atoms with Gasteiger partial charge in [0.2, 0.25) is 6.36 Å². The average Bonchev–Trinajstić information content (AvgIpc) is 3.06. The molecule has 3 aromatic heterocycles. The third-order valence-corrected chi connectivity index (χ3v) is 7.98. The van der Waals surface area contributed by atoms with Crippen LogP contribution in [0.5, 0.6) is 5.75 Å². The number of hydrogen-bond acceptors (Lipinski definition) is 7. The zero-order valence-electron chi connectivity index (χ0n) is 19.3. The summed E-state index contributed by atoms with van der Waals surface area (Å²) in [6.07, 6.45) is 1.72. The Hall–Kier alpha value is -2.88. The van der Waals surface area contributed by atoms with Gasteiger partial charge in [0.15, 0.2) is 15.6 Å². The molecule has 0 amide bonds. The van der Waals surface area contributed by atoms with E-state index in [1.807, 2.05) is 32.4 Å². The Morgan fingerprint density at radius 3 is 2.52 bits per heavy atom. The summed E-state index contributed by atoms with van der Waals surface area (Å²) in [7, 11) is -3.04. The standard InChI is InChI=1S/C23H27FN4O4S/c1-13(2)28-20-7-19(21(29)8-23(5)11-33(30,31)12-23)26-10-18(20)22(27-28)17-6-16(32-15(4)24)9-25-14(17)3/h6-7,9-10,13,15H,8,11-12H2,1-5H3. The summed E-state index contributed by atoms with van der Waals surface area (Å²) in [4.78, 5) is 21.6. The molecular weight excluding hydrogens is 447 g/mol. The summed E-state index contributed by atoms with van der Waals surface area (Å²) in [5.41, 5.74) is 2.46. The lowest BCUT2D eigenvalue weighted by Gasteiger charge is -2.36. The van der Waals surface area contributed by atoms with Gasteiger partial charge in [-0.2, -0.15) is 5.10 Å². The lowest BCUT2D eigenvalue weighted by atomic mass is 9.87. The summed E-state index contributed by atoms with van der Waals surface area (Å²) in [6.45, 7) is 8.90. The van der Waals surface area contributed by atoms with Crippen LogP contribution >= 0.6 is 0 Å². The first kappa shape index (κ1) is 23.3. The number of hydrogen-bond donors (Lipinski definition) is 0. The van der Waals surface area contributed by atoms with E-state index in [1.165, 1.54) is 13.1 Å². The molecule has 0 saturated carbocycles. The van der Waals surface area contributed by atoms with Crippen LogP contribution < -0.4 is 4.74 Å². The molecule has 1 saturated heterocycles. The molecule has 1 fully saturated rings. The zero-order valence-corrected chi connectivity index (χ0v) is 20.1. The number of aromatic nitrogens is 4. The minimum Gasteiger partial charge on any atom is -0.459 e. The normalized spacial score (nSPS) is 17.7. The second-order valence-corrected chi connectivity index (χ2v) is 11.4. The maximum Gasteiger partial charge on any atom is 0.235 e. The maximum absolute atomic E-state index is 13.3. The molecule has 0 spiro atoms. The summed E-state index contributed by atoms with van der Waals surface area (Å²) >= 11 is 0. The third kappa shape index (κ3) is 4.62. The number of aryl methyl sites for hydroxylation is 1. The Kier molecular flexibility index (Phi) is 5.76. The number of sulfone groups is 1. The van der Waals surface area contributed by atoms with Gasteiger partial charge in [0.25, 0.3) is 0 Å². The Morgan fingerprint density at radius 1 is 1.21 bits per heavy atom. The number of ether oxygens (including phenoxy) is 1. The first-order chi connectivity index (χ1) is 15.4. The number of carbonyl (C=O) groups excluding carboxylic acids is 1. The zero-order chi connectivity index (χ0) is 24.1. The number of nitrogens with zero attached hydrogens (tertiary/aromatic N) is 4. The highest BCUT2D eigenvalue weighted by Gasteiger charge is 2.46. The van der Waals surface area contributed by atoms with Crippen molar-refractivity contribution in [1.82, 2.24) is 19.7 Å². The topological polar surface area (TPSA) is 104 Å². The molecule has 10 heteroatoms. The fraction of sp³-hybridized carbons (Fsp3) is 0.478. The van der Waals surface area contributed by atoms with Crippen LogP contribution in [0.4, 0.5) is 4.39 Å². The number of rotatable bonds is 7. The molecule has 3 aromatic rings. The van der Waals surface area contributed by atoms with Crippen LogP contribution in [0, 0.1) is 12.3 Å². The number of halogens is 1. The van der Waals surface area contributed by atoms with Crippen LogP contribution in [0.3, 0.4) is 0 Å². The number of ketones is 1. The molecule has 0 aromatic carbocycles. The summed E-state index contributed by atoms with van der Waals surface area (Å²) < 4.78 is 43.5. The molecule has 1 atom stereocenters. The van der Waals surface area contributed by atoms with Gasteiger partial charge in [0.05, 0.1) is 23.2 Å². The van der Waals surface area contributed by atoms with E-state index in [0.29, 0.717) is 22.7 Å². The Balaban J connectivity index is 1.75. The second kappa shape index (κ2) is 8.16. The van der Waals surface area contributed by atoms with E-state index in [9.17, 15) is 17.6 Å². The summed E-state index contributed by atoms with van der Waals surface area (Å²) in [5.74, 6) is 0.132. The highest BCUT2D eigenvalue weighted by atomic mass is 32.2. The molecule has 33 heavy (non-hydrogen) atoms. The van der Waals surface area contributed by atoms with Gasteiger partial charge >= 0.3 is 0 Å². The van der Waals surface area contributed by atoms with E-state index in [2.05, 4.69) is 9.97 Å². The predicted molar refractivity (Wildman–Crippen MR) is 123 cm³/mol. The molecular formula is C23H27FN4O4S. The molecule has 8 nitrogen and oxygen atoms in total. The number of fused-ring (bicyclic) bond motifs is 1. The van der Waals surface area contributed by atoms with Gasteiger partial charge in [-0.05, 0) is 32.9 Å². The van der Waals surface area contributed by atoms with Crippen molar-refractivity contribution < 1.29 is 22.3 Å². The van der Waals surface area contributed by atoms with Crippen LogP contribution in [-0.4, -0.2) is 51.8 Å². The summed E-state index contributed by atoms with van der Waals surface area (Å²) in [6, 6.07) is 3.40. The van der Waals surface area contributed by atoms with Crippen molar-refractivity contribution in [3.63, 3.8) is 0 Å². The van der Waals surface area contributed by atoms with Gasteiger partial charge in [0.1, 0.15) is 17.1 Å². The average molecular weight is 475 g/mol. The van der Waals surface area contributed by atoms with Crippen LogP contribution in [0.1, 0.15) is 56.3 Å². The predicted octanol–water partition coefficient (Wildman–Crippen LogP) is 4.08. The Labute approximate surface area is 192 Å². The number of alkyl halides is 1. The smallest absolute Gasteiger partial charge is 0.235 e. The van der Waals surface area contributed by atoms with Gasteiger partial charge < -0.3 is 4.74 Å². The van der Waals surface area contributed by atoms with Crippen LogP contribution in [0.2, 0.25) is 0 Å². The van der Waals surface area contributed by atoms with Gasteiger partial charge in [-0.25, -0.2) is 12.8 Å². The largest absolute Gasteiger partial charge is 0.459 e. The first-order valence-electron chi connectivity index (χ1n) is 10.8. The van der Waals surface area contributed by atoms with E-state index in [-0.39, 0.29) is 35.4 Å². The van der Waals surface area contributed by atoms with E-state index < -0.39 is 21.6 Å². The molecule has 4 rings (SSSR count). The maximum atomic E-state index is 13.3. The van der Waals surface area contributed by atoms with Crippen molar-refractivity contribution in [1.29, 1.82) is 0 Å². The number of Topliss-reactive ketones (excluding diaryl/α,β-unsaturated/α-hetero) is 1. The van der Waals surface area contributed by atoms with Gasteiger partial charge in [-0.15, -0.1) is 0 Å². The van der Waals surface area contributed by atoms with Crippen molar-refractivity contribution >= 4 is 26.5 Å². The fourth-order valence-electron chi connectivity index (χ4n) is 4.38. The van der Waals surface area contributed by atoms with Crippen molar-refractivity contribution in [2.75, 3.05) is 11.5 Å². The molecule has 0 aliphatic carbocycles. The van der Waals surface area contributed by atoms with Gasteiger partial charge in [-0.1, -0.05) is 6.92 Å². The lowest BCUT2D eigenvalue weighted by Crippen LogP contribution is -2.47. The highest BCUT2D eigenvalue weighted by Crippen LogP contribution is 2.37. The Bertz CT molecular complexity index is 1340. The van der Waals surface area contributed by atoms with E-state index >= 15 is 0 Å².